The van der Waals surface area contributed by atoms with Crippen molar-refractivity contribution in [1.82, 2.24) is 0 Å². The topological polar surface area (TPSA) is 34.1 Å². The summed E-state index contributed by atoms with van der Waals surface area (Å²) in [7, 11) is 1.32. The minimum Gasteiger partial charge on any atom is -0.212 e. The number of rotatable bonds is 3. The molecule has 0 saturated heterocycles. The van der Waals surface area contributed by atoms with Crippen LogP contribution in [0.3, 0.4) is 0 Å². The Morgan fingerprint density at radius 1 is 1.50 bits per heavy atom. The Balaban J connectivity index is 3.01. The molecule has 1 rings (SSSR count). The zero-order valence-electron chi connectivity index (χ0n) is 7.33. The SMILES string of the molecule is CSc1ccc(CS(=O)(=O)Cl)c(F)c1. The molecule has 0 fully saturated rings. The Kier molecular flexibility index (Phi) is 3.80. The molecule has 0 N–H and O–H groups in total. The summed E-state index contributed by atoms with van der Waals surface area (Å²) < 4.78 is 34.6. The predicted octanol–water partition coefficient (Wildman–Crippen LogP) is 2.62. The molecule has 0 amide bonds. The fourth-order valence-electron chi connectivity index (χ4n) is 0.958. The van der Waals surface area contributed by atoms with Gasteiger partial charge in [-0.25, -0.2) is 12.8 Å². The van der Waals surface area contributed by atoms with Gasteiger partial charge in [0.15, 0.2) is 0 Å². The van der Waals surface area contributed by atoms with Crippen molar-refractivity contribution in [2.24, 2.45) is 0 Å². The van der Waals surface area contributed by atoms with Gasteiger partial charge in [-0.15, -0.1) is 11.8 Å². The second kappa shape index (κ2) is 4.51. The van der Waals surface area contributed by atoms with Crippen LogP contribution in [0.4, 0.5) is 4.39 Å². The van der Waals surface area contributed by atoms with Crippen molar-refractivity contribution in [1.29, 1.82) is 0 Å². The fourth-order valence-corrected chi connectivity index (χ4v) is 2.34. The molecule has 1 aromatic rings. The summed E-state index contributed by atoms with van der Waals surface area (Å²) in [5.74, 6) is -1.02. The summed E-state index contributed by atoms with van der Waals surface area (Å²) >= 11 is 1.39. The van der Waals surface area contributed by atoms with Crippen LogP contribution in [0.2, 0.25) is 0 Å². The molecule has 0 aliphatic heterocycles. The molecular weight excluding hydrogens is 247 g/mol. The van der Waals surface area contributed by atoms with Gasteiger partial charge in [0.2, 0.25) is 9.05 Å². The van der Waals surface area contributed by atoms with E-state index in [9.17, 15) is 12.8 Å². The summed E-state index contributed by atoms with van der Waals surface area (Å²) in [4.78, 5) is 0.748. The maximum absolute atomic E-state index is 13.2. The van der Waals surface area contributed by atoms with E-state index in [0.29, 0.717) is 0 Å². The Morgan fingerprint density at radius 2 is 2.14 bits per heavy atom. The van der Waals surface area contributed by atoms with E-state index < -0.39 is 20.6 Å². The van der Waals surface area contributed by atoms with Gasteiger partial charge < -0.3 is 0 Å². The van der Waals surface area contributed by atoms with Crippen LogP contribution in [0.5, 0.6) is 0 Å². The monoisotopic (exact) mass is 254 g/mol. The summed E-state index contributed by atoms with van der Waals surface area (Å²) in [6.07, 6.45) is 1.81. The summed E-state index contributed by atoms with van der Waals surface area (Å²) in [6, 6.07) is 4.38. The van der Waals surface area contributed by atoms with Crippen molar-refractivity contribution >= 4 is 31.5 Å². The minimum atomic E-state index is -3.69. The normalized spacial score (nSPS) is 11.6. The lowest BCUT2D eigenvalue weighted by Crippen LogP contribution is -1.98. The number of thioether (sulfide) groups is 1. The first-order valence-electron chi connectivity index (χ1n) is 3.67. The van der Waals surface area contributed by atoms with Crippen LogP contribution in [0.25, 0.3) is 0 Å². The van der Waals surface area contributed by atoms with E-state index in [1.165, 1.54) is 23.9 Å². The van der Waals surface area contributed by atoms with Crippen LogP contribution in [0, 0.1) is 5.82 Å². The van der Waals surface area contributed by atoms with Crippen molar-refractivity contribution in [2.45, 2.75) is 10.6 Å². The van der Waals surface area contributed by atoms with Gasteiger partial charge in [0, 0.05) is 21.1 Å². The first-order valence-corrected chi connectivity index (χ1v) is 7.37. The highest BCUT2D eigenvalue weighted by atomic mass is 35.7. The molecule has 6 heteroatoms. The van der Waals surface area contributed by atoms with E-state index in [0.717, 1.165) is 4.90 Å². The first kappa shape index (κ1) is 11.8. The van der Waals surface area contributed by atoms with Crippen LogP contribution < -0.4 is 0 Å². The van der Waals surface area contributed by atoms with Crippen LogP contribution >= 0.6 is 22.4 Å². The zero-order valence-corrected chi connectivity index (χ0v) is 9.72. The van der Waals surface area contributed by atoms with E-state index in [4.69, 9.17) is 10.7 Å². The molecule has 78 valence electrons. The smallest absolute Gasteiger partial charge is 0.212 e. The molecule has 0 saturated carbocycles. The van der Waals surface area contributed by atoms with E-state index in [1.54, 1.807) is 6.07 Å². The molecular formula is C8H8ClFO2S2. The molecule has 0 spiro atoms. The van der Waals surface area contributed by atoms with E-state index in [1.807, 2.05) is 6.26 Å². The maximum atomic E-state index is 13.2. The molecule has 0 unspecified atom stereocenters. The number of halogens is 2. The highest BCUT2D eigenvalue weighted by molar-refractivity contribution is 8.13. The molecule has 2 nitrogen and oxygen atoms in total. The Labute approximate surface area is 90.9 Å². The minimum absolute atomic E-state index is 0.0952. The van der Waals surface area contributed by atoms with E-state index in [-0.39, 0.29) is 5.56 Å². The molecule has 0 aliphatic rings. The summed E-state index contributed by atoms with van der Waals surface area (Å²) in [5.41, 5.74) is 0.0952. The van der Waals surface area contributed by atoms with Crippen molar-refractivity contribution in [3.8, 4) is 0 Å². The number of hydrogen-bond donors (Lipinski definition) is 0. The highest BCUT2D eigenvalue weighted by Crippen LogP contribution is 2.20. The Hall–Kier alpha value is -0.260. The van der Waals surface area contributed by atoms with Gasteiger partial charge in [0.25, 0.3) is 0 Å². The number of benzene rings is 1. The van der Waals surface area contributed by atoms with Crippen molar-refractivity contribution in [3.63, 3.8) is 0 Å². The summed E-state index contributed by atoms with van der Waals surface area (Å²) in [6.45, 7) is 0. The van der Waals surface area contributed by atoms with Gasteiger partial charge in [-0.3, -0.25) is 0 Å². The first-order chi connectivity index (χ1) is 6.42. The predicted molar refractivity (Wildman–Crippen MR) is 56.7 cm³/mol. The highest BCUT2D eigenvalue weighted by Gasteiger charge is 2.11. The largest absolute Gasteiger partial charge is 0.236 e. The number of hydrogen-bond acceptors (Lipinski definition) is 3. The third-order valence-corrected chi connectivity index (χ3v) is 3.30. The van der Waals surface area contributed by atoms with Crippen LogP contribution in [0.15, 0.2) is 23.1 Å². The maximum Gasteiger partial charge on any atom is 0.236 e. The van der Waals surface area contributed by atoms with Crippen LogP contribution in [-0.2, 0) is 14.8 Å². The standard InChI is InChI=1S/C8H8ClFO2S2/c1-13-7-3-2-6(8(10)4-7)5-14(9,11)12/h2-4H,5H2,1H3. The molecule has 0 aliphatic carbocycles. The van der Waals surface area contributed by atoms with Gasteiger partial charge in [-0.05, 0) is 18.4 Å². The lowest BCUT2D eigenvalue weighted by molar-refractivity contribution is 0.596. The van der Waals surface area contributed by atoms with Gasteiger partial charge in [-0.2, -0.15) is 0 Å². The lowest BCUT2D eigenvalue weighted by atomic mass is 10.2. The molecule has 1 aromatic carbocycles. The molecule has 0 aromatic heterocycles. The molecule has 0 atom stereocenters. The van der Waals surface area contributed by atoms with Gasteiger partial charge >= 0.3 is 0 Å². The van der Waals surface area contributed by atoms with E-state index >= 15 is 0 Å². The Bertz CT molecular complexity index is 431. The average Bonchev–Trinajstić information content (AvgIpc) is 2.06. The van der Waals surface area contributed by atoms with Crippen molar-refractivity contribution in [3.05, 3.63) is 29.6 Å². The van der Waals surface area contributed by atoms with Gasteiger partial charge in [0.05, 0.1) is 5.75 Å². The average molecular weight is 255 g/mol. The second-order valence-corrected chi connectivity index (χ2v) is 6.30. The van der Waals surface area contributed by atoms with Crippen LogP contribution in [-0.4, -0.2) is 14.7 Å². The fraction of sp³-hybridized carbons (Fsp3) is 0.250. The summed E-state index contributed by atoms with van der Waals surface area (Å²) in [5, 5.41) is 0. The van der Waals surface area contributed by atoms with Gasteiger partial charge in [0.1, 0.15) is 5.82 Å². The molecule has 14 heavy (non-hydrogen) atoms. The lowest BCUT2D eigenvalue weighted by Gasteiger charge is -2.02. The third-order valence-electron chi connectivity index (χ3n) is 1.59. The van der Waals surface area contributed by atoms with Crippen LogP contribution in [0.1, 0.15) is 5.56 Å². The van der Waals surface area contributed by atoms with Crippen molar-refractivity contribution < 1.29 is 12.8 Å². The molecule has 0 bridgehead atoms. The van der Waals surface area contributed by atoms with E-state index in [2.05, 4.69) is 0 Å². The molecule has 0 radical (unpaired) electrons. The van der Waals surface area contributed by atoms with Crippen molar-refractivity contribution in [2.75, 3.05) is 6.26 Å². The Morgan fingerprint density at radius 3 is 2.57 bits per heavy atom. The third kappa shape index (κ3) is 3.48. The quantitative estimate of drug-likeness (QED) is 0.614. The second-order valence-electron chi connectivity index (χ2n) is 2.64. The molecule has 0 heterocycles. The van der Waals surface area contributed by atoms with Gasteiger partial charge in [-0.1, -0.05) is 6.07 Å². The zero-order chi connectivity index (χ0) is 10.8.